The van der Waals surface area contributed by atoms with E-state index in [-0.39, 0.29) is 24.2 Å². The van der Waals surface area contributed by atoms with E-state index in [1.165, 1.54) is 31.2 Å². The van der Waals surface area contributed by atoms with Crippen molar-refractivity contribution in [3.8, 4) is 5.75 Å². The standard InChI is InChI=1S/C21H30N5O9P/c1-12(27)24-17(13-5-7-14(8-6-13)35-36(32,33)34)19(30)26-21(9-3-2-4-10-21)20(31)25-15(18(23)29)11-16(22)28/h5-8,15,17H,2-4,9-11H2,1H3,(H2,22,28)(H2,23,29)(H,24,27)(H,25,31)(H,26,30)(H2,32,33,34)/t15-,17-/m0/s1. The SMILES string of the molecule is CC(=O)N[C@H](C(=O)NC1(C(=O)N[C@@H](CC(N)=O)C(N)=O)CCCCC1)c1ccc(OP(=O)(O)O)cc1. The molecule has 0 bridgehead atoms. The molecular formula is C21H30N5O9P. The third kappa shape index (κ3) is 8.33. The van der Waals surface area contributed by atoms with Crippen LogP contribution in [0.5, 0.6) is 5.75 Å². The first kappa shape index (κ1) is 28.8. The quantitative estimate of drug-likeness (QED) is 0.174. The maximum absolute atomic E-state index is 13.3. The van der Waals surface area contributed by atoms with Crippen molar-refractivity contribution in [3.63, 3.8) is 0 Å². The van der Waals surface area contributed by atoms with E-state index in [2.05, 4.69) is 20.5 Å². The summed E-state index contributed by atoms with van der Waals surface area (Å²) in [4.78, 5) is 79.3. The minimum Gasteiger partial charge on any atom is -0.404 e. The average Bonchev–Trinajstić information content (AvgIpc) is 2.76. The monoisotopic (exact) mass is 527 g/mol. The van der Waals surface area contributed by atoms with Crippen LogP contribution in [-0.2, 0) is 28.5 Å². The smallest absolute Gasteiger partial charge is 0.404 e. The van der Waals surface area contributed by atoms with Gasteiger partial charge in [0.15, 0.2) is 0 Å². The van der Waals surface area contributed by atoms with Gasteiger partial charge in [0, 0.05) is 6.92 Å². The topological polar surface area (TPSA) is 240 Å². The molecule has 1 fully saturated rings. The Morgan fingerprint density at radius 3 is 2.08 bits per heavy atom. The Balaban J connectivity index is 2.31. The predicted molar refractivity (Wildman–Crippen MR) is 125 cm³/mol. The Bertz CT molecular complexity index is 1050. The highest BCUT2D eigenvalue weighted by atomic mass is 31.2. The summed E-state index contributed by atoms with van der Waals surface area (Å²) < 4.78 is 15.5. The highest BCUT2D eigenvalue weighted by Crippen LogP contribution is 2.37. The molecule has 1 aromatic rings. The summed E-state index contributed by atoms with van der Waals surface area (Å²) in [7, 11) is -4.80. The number of nitrogens with one attached hydrogen (secondary N) is 3. The van der Waals surface area contributed by atoms with Gasteiger partial charge in [0.05, 0.1) is 6.42 Å². The first-order chi connectivity index (χ1) is 16.7. The van der Waals surface area contributed by atoms with E-state index in [1.54, 1.807) is 0 Å². The van der Waals surface area contributed by atoms with Gasteiger partial charge in [-0.15, -0.1) is 0 Å². The molecule has 5 amide bonds. The van der Waals surface area contributed by atoms with Crippen molar-refractivity contribution in [2.24, 2.45) is 11.5 Å². The Hall–Kier alpha value is -3.48. The van der Waals surface area contributed by atoms with Crippen molar-refractivity contribution in [1.29, 1.82) is 0 Å². The van der Waals surface area contributed by atoms with Crippen LogP contribution in [0.4, 0.5) is 0 Å². The molecule has 36 heavy (non-hydrogen) atoms. The molecular weight excluding hydrogens is 497 g/mol. The first-order valence-corrected chi connectivity index (χ1v) is 12.6. The molecule has 15 heteroatoms. The lowest BCUT2D eigenvalue weighted by Gasteiger charge is -2.38. The molecule has 1 aliphatic carbocycles. The van der Waals surface area contributed by atoms with Crippen LogP contribution < -0.4 is 31.9 Å². The van der Waals surface area contributed by atoms with Crippen LogP contribution in [0, 0.1) is 0 Å². The minimum absolute atomic E-state index is 0.163. The van der Waals surface area contributed by atoms with Gasteiger partial charge in [0.2, 0.25) is 29.5 Å². The normalized spacial score (nSPS) is 16.6. The maximum atomic E-state index is 13.3. The summed E-state index contributed by atoms with van der Waals surface area (Å²) in [5, 5.41) is 7.58. The van der Waals surface area contributed by atoms with Gasteiger partial charge in [-0.05, 0) is 30.5 Å². The molecule has 2 rings (SSSR count). The largest absolute Gasteiger partial charge is 0.524 e. The lowest BCUT2D eigenvalue weighted by Crippen LogP contribution is -2.63. The number of amides is 5. The third-order valence-electron chi connectivity index (χ3n) is 5.61. The predicted octanol–water partition coefficient (Wildman–Crippen LogP) is -1.00. The number of nitrogens with two attached hydrogens (primary N) is 2. The van der Waals surface area contributed by atoms with Gasteiger partial charge in [-0.25, -0.2) is 4.57 Å². The number of benzene rings is 1. The molecule has 9 N–H and O–H groups in total. The Kier molecular flexibility index (Phi) is 9.56. The summed E-state index contributed by atoms with van der Waals surface area (Å²) in [6, 6.07) is 2.44. The highest BCUT2D eigenvalue weighted by molar-refractivity contribution is 7.46. The molecule has 1 saturated carbocycles. The van der Waals surface area contributed by atoms with Gasteiger partial charge in [-0.3, -0.25) is 33.8 Å². The van der Waals surface area contributed by atoms with Crippen LogP contribution in [0.25, 0.3) is 0 Å². The lowest BCUT2D eigenvalue weighted by molar-refractivity contribution is -0.138. The Morgan fingerprint density at radius 1 is 1.03 bits per heavy atom. The van der Waals surface area contributed by atoms with E-state index >= 15 is 0 Å². The van der Waals surface area contributed by atoms with Crippen LogP contribution >= 0.6 is 7.82 Å². The number of phosphoric ester groups is 1. The molecule has 0 saturated heterocycles. The lowest BCUT2D eigenvalue weighted by atomic mass is 9.80. The fraction of sp³-hybridized carbons (Fsp3) is 0.476. The number of hydrogen-bond donors (Lipinski definition) is 7. The maximum Gasteiger partial charge on any atom is 0.524 e. The molecule has 198 valence electrons. The number of hydrogen-bond acceptors (Lipinski definition) is 7. The van der Waals surface area contributed by atoms with Gasteiger partial charge < -0.3 is 31.9 Å². The number of rotatable bonds is 11. The molecule has 14 nitrogen and oxygen atoms in total. The van der Waals surface area contributed by atoms with E-state index in [1.807, 2.05) is 0 Å². The number of carbonyl (C=O) groups excluding carboxylic acids is 5. The second kappa shape index (κ2) is 12.0. The van der Waals surface area contributed by atoms with E-state index in [9.17, 15) is 28.5 Å². The second-order valence-corrected chi connectivity index (χ2v) is 9.68. The zero-order chi connectivity index (χ0) is 27.1. The summed E-state index contributed by atoms with van der Waals surface area (Å²) in [5.74, 6) is -3.98. The third-order valence-corrected chi connectivity index (χ3v) is 6.05. The summed E-state index contributed by atoms with van der Waals surface area (Å²) >= 11 is 0. The Morgan fingerprint density at radius 2 is 1.61 bits per heavy atom. The fourth-order valence-corrected chi connectivity index (χ4v) is 4.35. The van der Waals surface area contributed by atoms with E-state index in [4.69, 9.17) is 21.3 Å². The molecule has 0 radical (unpaired) electrons. The molecule has 1 aliphatic rings. The highest BCUT2D eigenvalue weighted by Gasteiger charge is 2.43. The molecule has 0 unspecified atom stereocenters. The molecule has 0 heterocycles. The van der Waals surface area contributed by atoms with Crippen molar-refractivity contribution in [1.82, 2.24) is 16.0 Å². The molecule has 0 spiro atoms. The summed E-state index contributed by atoms with van der Waals surface area (Å²) in [6.45, 7) is 1.19. The second-order valence-electron chi connectivity index (χ2n) is 8.52. The Labute approximate surface area is 206 Å². The van der Waals surface area contributed by atoms with E-state index in [0.717, 1.165) is 6.42 Å². The van der Waals surface area contributed by atoms with Crippen molar-refractivity contribution in [2.75, 3.05) is 0 Å². The number of primary amides is 2. The van der Waals surface area contributed by atoms with Crippen molar-refractivity contribution in [3.05, 3.63) is 29.8 Å². The van der Waals surface area contributed by atoms with Crippen LogP contribution in [0.3, 0.4) is 0 Å². The molecule has 0 aromatic heterocycles. The van der Waals surface area contributed by atoms with Crippen LogP contribution in [0.2, 0.25) is 0 Å². The zero-order valence-corrected chi connectivity index (χ0v) is 20.5. The molecule has 1 aromatic carbocycles. The number of phosphoric acid groups is 1. The van der Waals surface area contributed by atoms with Crippen molar-refractivity contribution >= 4 is 37.4 Å². The van der Waals surface area contributed by atoms with Gasteiger partial charge in [0.25, 0.3) is 0 Å². The fourth-order valence-electron chi connectivity index (χ4n) is 3.95. The zero-order valence-electron chi connectivity index (χ0n) is 19.6. The van der Waals surface area contributed by atoms with E-state index in [0.29, 0.717) is 12.8 Å². The summed E-state index contributed by atoms with van der Waals surface area (Å²) in [6.07, 6.45) is 1.93. The minimum atomic E-state index is -4.80. The van der Waals surface area contributed by atoms with Crippen LogP contribution in [0.15, 0.2) is 24.3 Å². The van der Waals surface area contributed by atoms with Crippen molar-refractivity contribution < 1.29 is 42.8 Å². The summed E-state index contributed by atoms with van der Waals surface area (Å²) in [5.41, 5.74) is 9.22. The molecule has 0 aliphatic heterocycles. The van der Waals surface area contributed by atoms with Gasteiger partial charge in [-0.1, -0.05) is 31.4 Å². The van der Waals surface area contributed by atoms with Crippen molar-refractivity contribution in [2.45, 2.75) is 63.1 Å². The van der Waals surface area contributed by atoms with Gasteiger partial charge in [-0.2, -0.15) is 0 Å². The average molecular weight is 527 g/mol. The molecule has 2 atom stereocenters. The first-order valence-electron chi connectivity index (χ1n) is 11.1. The van der Waals surface area contributed by atoms with Crippen LogP contribution in [0.1, 0.15) is 57.1 Å². The van der Waals surface area contributed by atoms with E-state index < -0.39 is 61.4 Å². The van der Waals surface area contributed by atoms with Gasteiger partial charge >= 0.3 is 7.82 Å². The van der Waals surface area contributed by atoms with Crippen LogP contribution in [-0.4, -0.2) is 50.9 Å². The van der Waals surface area contributed by atoms with Gasteiger partial charge in [0.1, 0.15) is 23.4 Å². The number of carbonyl (C=O) groups is 5.